The zero-order valence-electron chi connectivity index (χ0n) is 9.50. The zero-order chi connectivity index (χ0) is 11.7. The number of benzene rings is 1. The third-order valence-electron chi connectivity index (χ3n) is 2.79. The summed E-state index contributed by atoms with van der Waals surface area (Å²) in [5, 5.41) is 0. The molecule has 2 rings (SSSR count). The molecular weight excluding hydrogens is 207 g/mol. The van der Waals surface area contributed by atoms with Gasteiger partial charge in [0, 0.05) is 0 Å². The van der Waals surface area contributed by atoms with Crippen LogP contribution in [0.5, 0.6) is 5.75 Å². The van der Waals surface area contributed by atoms with Crippen LogP contribution in [0.2, 0.25) is 0 Å². The number of hydrogen-bond acceptors (Lipinski definition) is 2. The highest BCUT2D eigenvalue weighted by molar-refractivity contribution is 6.01. The summed E-state index contributed by atoms with van der Waals surface area (Å²) >= 11 is 0. The molecule has 0 fully saturated rings. The number of rotatable bonds is 2. The second-order valence-electron chi connectivity index (χ2n) is 4.62. The predicted octanol–water partition coefficient (Wildman–Crippen LogP) is 3.06. The van der Waals surface area contributed by atoms with E-state index in [1.165, 1.54) is 6.07 Å². The number of ketones is 1. The van der Waals surface area contributed by atoms with E-state index >= 15 is 0 Å². The van der Waals surface area contributed by atoms with Crippen LogP contribution in [0.25, 0.3) is 0 Å². The van der Waals surface area contributed by atoms with E-state index in [-0.39, 0.29) is 17.5 Å². The average molecular weight is 222 g/mol. The van der Waals surface area contributed by atoms with Crippen LogP contribution in [0.1, 0.15) is 30.6 Å². The zero-order valence-corrected chi connectivity index (χ0v) is 9.50. The molecule has 0 radical (unpaired) electrons. The monoisotopic (exact) mass is 222 g/mol. The summed E-state index contributed by atoms with van der Waals surface area (Å²) in [5.74, 6) is -0.0160. The number of hydrogen-bond donors (Lipinski definition) is 0. The van der Waals surface area contributed by atoms with E-state index in [1.807, 2.05) is 0 Å². The Balaban J connectivity index is 2.29. The first-order chi connectivity index (χ1) is 7.59. The summed E-state index contributed by atoms with van der Waals surface area (Å²) in [5.41, 5.74) is 0.386. The van der Waals surface area contributed by atoms with Gasteiger partial charge in [0.2, 0.25) is 0 Å². The molecule has 1 aromatic rings. The SMILES string of the molecule is CC(C)CC1COc2c(F)cccc2C1=O. The number of Topliss-reactive ketones (excluding diaryl/α,β-unsaturated/α-hetero) is 1. The van der Waals surface area contributed by atoms with Crippen molar-refractivity contribution >= 4 is 5.78 Å². The minimum atomic E-state index is -0.450. The van der Waals surface area contributed by atoms with E-state index < -0.39 is 5.82 Å². The molecule has 0 amide bonds. The van der Waals surface area contributed by atoms with Crippen LogP contribution in [0.4, 0.5) is 4.39 Å². The molecule has 1 heterocycles. The smallest absolute Gasteiger partial charge is 0.173 e. The van der Waals surface area contributed by atoms with Crippen LogP contribution >= 0.6 is 0 Å². The molecule has 3 heteroatoms. The van der Waals surface area contributed by atoms with Crippen molar-refractivity contribution < 1.29 is 13.9 Å². The predicted molar refractivity (Wildman–Crippen MR) is 59.2 cm³/mol. The largest absolute Gasteiger partial charge is 0.489 e. The van der Waals surface area contributed by atoms with Gasteiger partial charge in [0.1, 0.15) is 0 Å². The van der Waals surface area contributed by atoms with Crippen molar-refractivity contribution in [1.82, 2.24) is 0 Å². The topological polar surface area (TPSA) is 26.3 Å². The molecule has 1 aromatic carbocycles. The first-order valence-electron chi connectivity index (χ1n) is 5.55. The maximum absolute atomic E-state index is 13.4. The van der Waals surface area contributed by atoms with E-state index in [2.05, 4.69) is 13.8 Å². The number of halogens is 1. The number of carbonyl (C=O) groups excluding carboxylic acids is 1. The Hall–Kier alpha value is -1.38. The first kappa shape index (κ1) is 11.1. The van der Waals surface area contributed by atoms with Crippen LogP contribution in [0, 0.1) is 17.7 Å². The lowest BCUT2D eigenvalue weighted by Crippen LogP contribution is -2.29. The average Bonchev–Trinajstić information content (AvgIpc) is 2.23. The lowest BCUT2D eigenvalue weighted by molar-refractivity contribution is 0.0798. The summed E-state index contributed by atoms with van der Waals surface area (Å²) in [7, 11) is 0. The summed E-state index contributed by atoms with van der Waals surface area (Å²) in [6.07, 6.45) is 0.786. The van der Waals surface area contributed by atoms with Gasteiger partial charge in [-0.15, -0.1) is 0 Å². The fourth-order valence-electron chi connectivity index (χ4n) is 2.07. The molecule has 0 saturated heterocycles. The van der Waals surface area contributed by atoms with Gasteiger partial charge in [-0.25, -0.2) is 4.39 Å². The summed E-state index contributed by atoms with van der Waals surface area (Å²) in [6.45, 7) is 4.42. The van der Waals surface area contributed by atoms with Crippen molar-refractivity contribution in [3.63, 3.8) is 0 Å². The van der Waals surface area contributed by atoms with Crippen molar-refractivity contribution in [2.75, 3.05) is 6.61 Å². The fraction of sp³-hybridized carbons (Fsp3) is 0.462. The Morgan fingerprint density at radius 1 is 1.50 bits per heavy atom. The van der Waals surface area contributed by atoms with Crippen LogP contribution in [0.3, 0.4) is 0 Å². The molecule has 1 atom stereocenters. The lowest BCUT2D eigenvalue weighted by Gasteiger charge is -2.25. The number of ether oxygens (including phenoxy) is 1. The fourth-order valence-corrected chi connectivity index (χ4v) is 2.07. The number of para-hydroxylation sites is 1. The van der Waals surface area contributed by atoms with Gasteiger partial charge in [0.25, 0.3) is 0 Å². The molecule has 1 unspecified atom stereocenters. The van der Waals surface area contributed by atoms with E-state index in [4.69, 9.17) is 4.74 Å². The highest BCUT2D eigenvalue weighted by Gasteiger charge is 2.30. The Labute approximate surface area is 94.4 Å². The maximum atomic E-state index is 13.4. The summed E-state index contributed by atoms with van der Waals surface area (Å²) in [4.78, 5) is 12.1. The van der Waals surface area contributed by atoms with E-state index in [1.54, 1.807) is 12.1 Å². The highest BCUT2D eigenvalue weighted by atomic mass is 19.1. The minimum absolute atomic E-state index is 0.00875. The molecule has 2 nitrogen and oxygen atoms in total. The number of fused-ring (bicyclic) bond motifs is 1. The van der Waals surface area contributed by atoms with Gasteiger partial charge in [-0.2, -0.15) is 0 Å². The Kier molecular flexibility index (Phi) is 2.95. The van der Waals surface area contributed by atoms with E-state index in [0.29, 0.717) is 18.1 Å². The van der Waals surface area contributed by atoms with Gasteiger partial charge in [-0.1, -0.05) is 19.9 Å². The third kappa shape index (κ3) is 1.94. The second kappa shape index (κ2) is 4.24. The van der Waals surface area contributed by atoms with Gasteiger partial charge in [0.15, 0.2) is 17.3 Å². The van der Waals surface area contributed by atoms with Crippen LogP contribution in [0.15, 0.2) is 18.2 Å². The molecule has 86 valence electrons. The molecule has 0 saturated carbocycles. The molecule has 1 aliphatic heterocycles. The lowest BCUT2D eigenvalue weighted by atomic mass is 9.88. The molecule has 0 aliphatic carbocycles. The van der Waals surface area contributed by atoms with Gasteiger partial charge in [-0.05, 0) is 24.5 Å². The minimum Gasteiger partial charge on any atom is -0.489 e. The van der Waals surface area contributed by atoms with Gasteiger partial charge < -0.3 is 4.74 Å². The van der Waals surface area contributed by atoms with Crippen molar-refractivity contribution in [3.05, 3.63) is 29.6 Å². The summed E-state index contributed by atoms with van der Waals surface area (Å²) in [6, 6.07) is 4.50. The molecule has 16 heavy (non-hydrogen) atoms. The van der Waals surface area contributed by atoms with Crippen LogP contribution in [-0.4, -0.2) is 12.4 Å². The molecule has 0 aromatic heterocycles. The molecule has 1 aliphatic rings. The summed E-state index contributed by atoms with van der Waals surface area (Å²) < 4.78 is 18.7. The molecule has 0 bridgehead atoms. The van der Waals surface area contributed by atoms with Crippen molar-refractivity contribution in [3.8, 4) is 5.75 Å². The molecular formula is C13H15FO2. The van der Waals surface area contributed by atoms with Crippen molar-refractivity contribution in [2.24, 2.45) is 11.8 Å². The second-order valence-corrected chi connectivity index (χ2v) is 4.62. The number of carbonyl (C=O) groups is 1. The van der Waals surface area contributed by atoms with E-state index in [0.717, 1.165) is 6.42 Å². The third-order valence-corrected chi connectivity index (χ3v) is 2.79. The quantitative estimate of drug-likeness (QED) is 0.768. The Morgan fingerprint density at radius 3 is 2.94 bits per heavy atom. The van der Waals surface area contributed by atoms with Crippen molar-refractivity contribution in [2.45, 2.75) is 20.3 Å². The van der Waals surface area contributed by atoms with Gasteiger partial charge in [-0.3, -0.25) is 4.79 Å². The normalized spacial score (nSPS) is 19.5. The Bertz CT molecular complexity index is 412. The molecule has 0 spiro atoms. The van der Waals surface area contributed by atoms with Crippen LogP contribution < -0.4 is 4.74 Å². The van der Waals surface area contributed by atoms with Crippen LogP contribution in [-0.2, 0) is 0 Å². The highest BCUT2D eigenvalue weighted by Crippen LogP contribution is 2.32. The van der Waals surface area contributed by atoms with Crippen molar-refractivity contribution in [1.29, 1.82) is 0 Å². The molecule has 0 N–H and O–H groups in total. The van der Waals surface area contributed by atoms with Gasteiger partial charge >= 0.3 is 0 Å². The Morgan fingerprint density at radius 2 is 2.25 bits per heavy atom. The maximum Gasteiger partial charge on any atom is 0.173 e. The van der Waals surface area contributed by atoms with E-state index in [9.17, 15) is 9.18 Å². The van der Waals surface area contributed by atoms with Gasteiger partial charge in [0.05, 0.1) is 18.1 Å². The standard InChI is InChI=1S/C13H15FO2/c1-8(2)6-9-7-16-13-10(12(9)15)4-3-5-11(13)14/h3-5,8-9H,6-7H2,1-2H3. The first-order valence-corrected chi connectivity index (χ1v) is 5.55.